The Morgan fingerprint density at radius 1 is 0.933 bits per heavy atom. The largest absolute Gasteiger partial charge is 0.226 e. The van der Waals surface area contributed by atoms with Crippen molar-refractivity contribution in [3.63, 3.8) is 0 Å². The van der Waals surface area contributed by atoms with E-state index in [-0.39, 0.29) is 5.56 Å². The van der Waals surface area contributed by atoms with Crippen molar-refractivity contribution in [2.24, 2.45) is 0 Å². The minimum absolute atomic E-state index is 0.183. The second kappa shape index (κ2) is 3.73. The Morgan fingerprint density at radius 2 is 1.47 bits per heavy atom. The quantitative estimate of drug-likeness (QED) is 0.670. The molecule has 0 amide bonds. The predicted molar refractivity (Wildman–Crippen MR) is 52.1 cm³/mol. The molecule has 2 nitrogen and oxygen atoms in total. The Hall–Kier alpha value is -1.84. The summed E-state index contributed by atoms with van der Waals surface area (Å²) in [6, 6.07) is 6.84. The summed E-state index contributed by atoms with van der Waals surface area (Å²) in [5.74, 6) is -1.68. The molecular weight excluding hydrogens is 198 g/mol. The van der Waals surface area contributed by atoms with Gasteiger partial charge in [0.2, 0.25) is 11.9 Å². The Labute approximate surface area is 85.6 Å². The van der Waals surface area contributed by atoms with Crippen LogP contribution in [0.4, 0.5) is 8.78 Å². The molecule has 0 spiro atoms. The molecule has 0 aliphatic rings. The highest BCUT2D eigenvalue weighted by Crippen LogP contribution is 2.23. The Kier molecular flexibility index (Phi) is 2.41. The lowest BCUT2D eigenvalue weighted by molar-refractivity contribution is 0.531. The fourth-order valence-electron chi connectivity index (χ4n) is 1.30. The maximum atomic E-state index is 13.2. The maximum Gasteiger partial charge on any atom is 0.226 e. The molecule has 2 aromatic rings. The van der Waals surface area contributed by atoms with Crippen LogP contribution in [-0.2, 0) is 0 Å². The smallest absolute Gasteiger partial charge is 0.207 e. The normalized spacial score (nSPS) is 10.3. The zero-order valence-electron chi connectivity index (χ0n) is 8.04. The number of aryl methyl sites for hydroxylation is 1. The molecular formula is C11H8F2N2. The molecule has 0 atom stereocenters. The van der Waals surface area contributed by atoms with Gasteiger partial charge in [-0.05, 0) is 12.5 Å². The summed E-state index contributed by atoms with van der Waals surface area (Å²) in [5.41, 5.74) is 1.28. The van der Waals surface area contributed by atoms with E-state index in [1.807, 2.05) is 6.92 Å². The van der Waals surface area contributed by atoms with Gasteiger partial charge in [-0.15, -0.1) is 0 Å². The average molecular weight is 206 g/mol. The molecule has 1 heterocycles. The highest BCUT2D eigenvalue weighted by molar-refractivity contribution is 5.62. The van der Waals surface area contributed by atoms with Crippen LogP contribution in [0.2, 0.25) is 0 Å². The Balaban J connectivity index is 2.58. The SMILES string of the molecule is Cc1ccc(-c2c(F)ncnc2F)cc1. The van der Waals surface area contributed by atoms with Crippen molar-refractivity contribution in [3.05, 3.63) is 48.1 Å². The van der Waals surface area contributed by atoms with E-state index in [2.05, 4.69) is 9.97 Å². The molecule has 0 radical (unpaired) electrons. The van der Waals surface area contributed by atoms with E-state index < -0.39 is 11.9 Å². The average Bonchev–Trinajstić information content (AvgIpc) is 2.20. The lowest BCUT2D eigenvalue weighted by Gasteiger charge is -2.03. The zero-order chi connectivity index (χ0) is 10.8. The van der Waals surface area contributed by atoms with Crippen molar-refractivity contribution in [2.75, 3.05) is 0 Å². The van der Waals surface area contributed by atoms with Crippen LogP contribution in [0.15, 0.2) is 30.6 Å². The van der Waals surface area contributed by atoms with Gasteiger partial charge in [0, 0.05) is 0 Å². The maximum absolute atomic E-state index is 13.2. The molecule has 0 aliphatic heterocycles. The van der Waals surface area contributed by atoms with E-state index in [0.29, 0.717) is 5.56 Å². The van der Waals surface area contributed by atoms with E-state index in [1.165, 1.54) is 0 Å². The predicted octanol–water partition coefficient (Wildman–Crippen LogP) is 2.73. The van der Waals surface area contributed by atoms with Crippen molar-refractivity contribution in [1.82, 2.24) is 9.97 Å². The van der Waals surface area contributed by atoms with Gasteiger partial charge >= 0.3 is 0 Å². The number of halogens is 2. The minimum atomic E-state index is -0.841. The highest BCUT2D eigenvalue weighted by atomic mass is 19.1. The molecule has 0 saturated carbocycles. The third kappa shape index (κ3) is 1.83. The first-order chi connectivity index (χ1) is 7.18. The number of aromatic nitrogens is 2. The molecule has 4 heteroatoms. The number of hydrogen-bond donors (Lipinski definition) is 0. The summed E-state index contributed by atoms with van der Waals surface area (Å²) in [7, 11) is 0. The summed E-state index contributed by atoms with van der Waals surface area (Å²) < 4.78 is 26.5. The third-order valence-electron chi connectivity index (χ3n) is 2.09. The van der Waals surface area contributed by atoms with Crippen LogP contribution in [0.3, 0.4) is 0 Å². The first kappa shape index (κ1) is 9.71. The van der Waals surface area contributed by atoms with Crippen molar-refractivity contribution < 1.29 is 8.78 Å². The van der Waals surface area contributed by atoms with Crippen LogP contribution in [0, 0.1) is 18.8 Å². The van der Waals surface area contributed by atoms with Crippen LogP contribution >= 0.6 is 0 Å². The summed E-state index contributed by atoms with van der Waals surface area (Å²) in [5, 5.41) is 0. The van der Waals surface area contributed by atoms with Gasteiger partial charge in [0.1, 0.15) is 6.33 Å². The van der Waals surface area contributed by atoms with Crippen molar-refractivity contribution in [1.29, 1.82) is 0 Å². The van der Waals surface area contributed by atoms with Gasteiger partial charge < -0.3 is 0 Å². The lowest BCUT2D eigenvalue weighted by atomic mass is 10.1. The van der Waals surface area contributed by atoms with E-state index in [1.54, 1.807) is 24.3 Å². The second-order valence-corrected chi connectivity index (χ2v) is 3.20. The molecule has 1 aromatic carbocycles. The van der Waals surface area contributed by atoms with Crippen molar-refractivity contribution >= 4 is 0 Å². The van der Waals surface area contributed by atoms with Gasteiger partial charge in [-0.2, -0.15) is 8.78 Å². The standard InChI is InChI=1S/C11H8F2N2/c1-7-2-4-8(5-3-7)9-10(12)14-6-15-11(9)13/h2-6H,1H3. The van der Waals surface area contributed by atoms with Crippen molar-refractivity contribution in [2.45, 2.75) is 6.92 Å². The first-order valence-corrected chi connectivity index (χ1v) is 4.41. The molecule has 0 bridgehead atoms. The number of hydrogen-bond acceptors (Lipinski definition) is 2. The zero-order valence-corrected chi connectivity index (χ0v) is 8.04. The summed E-state index contributed by atoms with van der Waals surface area (Å²) in [6.45, 7) is 1.90. The van der Waals surface area contributed by atoms with E-state index in [0.717, 1.165) is 11.9 Å². The fourth-order valence-corrected chi connectivity index (χ4v) is 1.30. The van der Waals surface area contributed by atoms with Crippen LogP contribution < -0.4 is 0 Å². The molecule has 0 aliphatic carbocycles. The highest BCUT2D eigenvalue weighted by Gasteiger charge is 2.12. The van der Waals surface area contributed by atoms with Crippen LogP contribution in [0.25, 0.3) is 11.1 Å². The Bertz CT molecular complexity index is 460. The van der Waals surface area contributed by atoms with E-state index in [9.17, 15) is 8.78 Å². The molecule has 1 aromatic heterocycles. The van der Waals surface area contributed by atoms with Crippen LogP contribution in [0.1, 0.15) is 5.56 Å². The molecule has 0 saturated heterocycles. The van der Waals surface area contributed by atoms with Gasteiger partial charge in [0.05, 0.1) is 5.56 Å². The minimum Gasteiger partial charge on any atom is -0.207 e. The van der Waals surface area contributed by atoms with E-state index in [4.69, 9.17) is 0 Å². The second-order valence-electron chi connectivity index (χ2n) is 3.20. The molecule has 76 valence electrons. The molecule has 0 fully saturated rings. The number of nitrogens with zero attached hydrogens (tertiary/aromatic N) is 2. The van der Waals surface area contributed by atoms with Crippen molar-refractivity contribution in [3.8, 4) is 11.1 Å². The topological polar surface area (TPSA) is 25.8 Å². The van der Waals surface area contributed by atoms with Gasteiger partial charge in [-0.1, -0.05) is 29.8 Å². The van der Waals surface area contributed by atoms with E-state index >= 15 is 0 Å². The summed E-state index contributed by atoms with van der Waals surface area (Å²) >= 11 is 0. The van der Waals surface area contributed by atoms with Crippen LogP contribution in [-0.4, -0.2) is 9.97 Å². The van der Waals surface area contributed by atoms with Gasteiger partial charge in [-0.25, -0.2) is 9.97 Å². The number of benzene rings is 1. The summed E-state index contributed by atoms with van der Waals surface area (Å²) in [4.78, 5) is 6.64. The Morgan fingerprint density at radius 3 is 2.00 bits per heavy atom. The van der Waals surface area contributed by atoms with Gasteiger partial charge in [-0.3, -0.25) is 0 Å². The third-order valence-corrected chi connectivity index (χ3v) is 2.09. The molecule has 15 heavy (non-hydrogen) atoms. The van der Waals surface area contributed by atoms with Gasteiger partial charge in [0.15, 0.2) is 0 Å². The lowest BCUT2D eigenvalue weighted by Crippen LogP contribution is -1.96. The molecule has 0 N–H and O–H groups in total. The van der Waals surface area contributed by atoms with Gasteiger partial charge in [0.25, 0.3) is 0 Å². The molecule has 0 unspecified atom stereocenters. The monoisotopic (exact) mass is 206 g/mol. The van der Waals surface area contributed by atoms with Crippen LogP contribution in [0.5, 0.6) is 0 Å². The first-order valence-electron chi connectivity index (χ1n) is 4.41. The number of rotatable bonds is 1. The molecule has 2 rings (SSSR count). The fraction of sp³-hybridized carbons (Fsp3) is 0.0909. The summed E-state index contributed by atoms with van der Waals surface area (Å²) in [6.07, 6.45) is 0.863.